The Balaban J connectivity index is 2.89. The first-order valence-electron chi connectivity index (χ1n) is 8.13. The standard InChI is InChI=1S/C15H29NO6Si2/c1-20-11(17)9-8-10-16-14(18)12(21-23(2,3)4)13(15(16)19)22-24(5,6)7/h12-13H,8-10H2,1-7H3/t12-,13-/m1/s1. The lowest BCUT2D eigenvalue weighted by molar-refractivity contribution is -0.144. The maximum atomic E-state index is 12.7. The Kier molecular flexibility index (Phi) is 6.91. The second-order valence-electron chi connectivity index (χ2n) is 7.81. The molecule has 0 aromatic heterocycles. The molecule has 0 saturated carbocycles. The summed E-state index contributed by atoms with van der Waals surface area (Å²) in [5.74, 6) is -1.09. The Bertz CT molecular complexity index is 463. The van der Waals surface area contributed by atoms with Crippen LogP contribution < -0.4 is 0 Å². The molecule has 0 unspecified atom stereocenters. The van der Waals surface area contributed by atoms with Gasteiger partial charge in [-0.3, -0.25) is 19.3 Å². The number of carbonyl (C=O) groups is 3. The van der Waals surface area contributed by atoms with Gasteiger partial charge >= 0.3 is 5.97 Å². The van der Waals surface area contributed by atoms with Crippen molar-refractivity contribution in [2.24, 2.45) is 0 Å². The van der Waals surface area contributed by atoms with Gasteiger partial charge in [0.2, 0.25) is 0 Å². The highest BCUT2D eigenvalue weighted by molar-refractivity contribution is 6.70. The molecular formula is C15H29NO6Si2. The predicted molar refractivity (Wildman–Crippen MR) is 94.4 cm³/mol. The van der Waals surface area contributed by atoms with E-state index in [0.29, 0.717) is 6.42 Å². The number of hydrogen-bond donors (Lipinski definition) is 0. The van der Waals surface area contributed by atoms with Crippen molar-refractivity contribution in [3.05, 3.63) is 0 Å². The molecule has 24 heavy (non-hydrogen) atoms. The van der Waals surface area contributed by atoms with E-state index in [2.05, 4.69) is 4.74 Å². The summed E-state index contributed by atoms with van der Waals surface area (Å²) in [5.41, 5.74) is 0. The Morgan fingerprint density at radius 2 is 1.38 bits per heavy atom. The molecule has 1 rings (SSSR count). The minimum Gasteiger partial charge on any atom is -0.469 e. The Morgan fingerprint density at radius 1 is 0.958 bits per heavy atom. The SMILES string of the molecule is COC(=O)CCCN1C(=O)[C@H](O[Si](C)(C)C)[C@@H](O[Si](C)(C)C)C1=O. The van der Waals surface area contributed by atoms with Gasteiger partial charge in [-0.25, -0.2) is 0 Å². The van der Waals surface area contributed by atoms with Gasteiger partial charge in [-0.2, -0.15) is 0 Å². The fourth-order valence-corrected chi connectivity index (χ4v) is 4.34. The molecule has 0 N–H and O–H groups in total. The summed E-state index contributed by atoms with van der Waals surface area (Å²) in [6.07, 6.45) is -1.24. The van der Waals surface area contributed by atoms with Crippen molar-refractivity contribution in [2.75, 3.05) is 13.7 Å². The van der Waals surface area contributed by atoms with E-state index in [1.54, 1.807) is 0 Å². The molecule has 0 radical (unpaired) electrons. The Hall–Kier alpha value is -1.04. The summed E-state index contributed by atoms with van der Waals surface area (Å²) in [6, 6.07) is 0. The molecule has 0 aromatic rings. The highest BCUT2D eigenvalue weighted by Gasteiger charge is 2.51. The largest absolute Gasteiger partial charge is 0.469 e. The van der Waals surface area contributed by atoms with Crippen molar-refractivity contribution in [1.82, 2.24) is 4.90 Å². The van der Waals surface area contributed by atoms with Gasteiger partial charge in [-0.05, 0) is 45.7 Å². The number of methoxy groups -OCH3 is 1. The van der Waals surface area contributed by atoms with Crippen LogP contribution >= 0.6 is 0 Å². The monoisotopic (exact) mass is 375 g/mol. The van der Waals surface area contributed by atoms with Crippen LogP contribution in [-0.2, 0) is 28.0 Å². The van der Waals surface area contributed by atoms with E-state index in [1.807, 2.05) is 39.3 Å². The molecule has 1 aliphatic rings. The minimum atomic E-state index is -2.03. The van der Waals surface area contributed by atoms with Gasteiger partial charge in [-0.15, -0.1) is 0 Å². The highest BCUT2D eigenvalue weighted by Crippen LogP contribution is 2.26. The average Bonchev–Trinajstić information content (AvgIpc) is 2.61. The molecule has 1 saturated heterocycles. The van der Waals surface area contributed by atoms with E-state index in [0.717, 1.165) is 0 Å². The Morgan fingerprint density at radius 3 is 1.71 bits per heavy atom. The fourth-order valence-electron chi connectivity index (χ4n) is 2.36. The number of carbonyl (C=O) groups excluding carboxylic acids is 3. The number of likely N-dealkylation sites (tertiary alicyclic amines) is 1. The molecule has 0 spiro atoms. The van der Waals surface area contributed by atoms with E-state index in [1.165, 1.54) is 12.0 Å². The molecule has 2 amide bonds. The van der Waals surface area contributed by atoms with Crippen LogP contribution in [0.25, 0.3) is 0 Å². The first-order valence-corrected chi connectivity index (χ1v) is 14.9. The molecule has 0 bridgehead atoms. The minimum absolute atomic E-state index is 0.159. The number of hydrogen-bond acceptors (Lipinski definition) is 6. The lowest BCUT2D eigenvalue weighted by atomic mass is 10.2. The third-order valence-electron chi connectivity index (χ3n) is 3.25. The van der Waals surface area contributed by atoms with Crippen LogP contribution in [0.1, 0.15) is 12.8 Å². The van der Waals surface area contributed by atoms with Crippen LogP contribution in [0.15, 0.2) is 0 Å². The summed E-state index contributed by atoms with van der Waals surface area (Å²) < 4.78 is 16.5. The van der Waals surface area contributed by atoms with Crippen LogP contribution in [-0.4, -0.2) is 65.2 Å². The predicted octanol–water partition coefficient (Wildman–Crippen LogP) is 1.75. The smallest absolute Gasteiger partial charge is 0.305 e. The molecule has 1 aliphatic heterocycles. The molecule has 1 fully saturated rings. The lowest BCUT2D eigenvalue weighted by Gasteiger charge is -2.28. The summed E-state index contributed by atoms with van der Waals surface area (Å²) in [6.45, 7) is 12.0. The van der Waals surface area contributed by atoms with Gasteiger partial charge in [0, 0.05) is 13.0 Å². The molecule has 9 heteroatoms. The van der Waals surface area contributed by atoms with E-state index in [-0.39, 0.29) is 30.7 Å². The first-order chi connectivity index (χ1) is 10.9. The van der Waals surface area contributed by atoms with Crippen LogP contribution in [0, 0.1) is 0 Å². The summed E-state index contributed by atoms with van der Waals surface area (Å²) >= 11 is 0. The van der Waals surface area contributed by atoms with Crippen molar-refractivity contribution in [3.63, 3.8) is 0 Å². The normalized spacial score (nSPS) is 22.2. The maximum absolute atomic E-state index is 12.7. The van der Waals surface area contributed by atoms with Gasteiger partial charge in [0.25, 0.3) is 11.8 Å². The number of imide groups is 1. The molecule has 0 aromatic carbocycles. The van der Waals surface area contributed by atoms with Crippen molar-refractivity contribution in [1.29, 1.82) is 0 Å². The van der Waals surface area contributed by atoms with Crippen molar-refractivity contribution < 1.29 is 28.0 Å². The van der Waals surface area contributed by atoms with Gasteiger partial charge < -0.3 is 13.6 Å². The van der Waals surface area contributed by atoms with Gasteiger partial charge in [0.1, 0.15) is 0 Å². The van der Waals surface area contributed by atoms with E-state index in [4.69, 9.17) is 8.85 Å². The average molecular weight is 376 g/mol. The number of esters is 1. The zero-order chi connectivity index (χ0) is 18.7. The van der Waals surface area contributed by atoms with Gasteiger partial charge in [0.05, 0.1) is 7.11 Å². The topological polar surface area (TPSA) is 82.1 Å². The van der Waals surface area contributed by atoms with E-state index < -0.39 is 28.8 Å². The maximum Gasteiger partial charge on any atom is 0.305 e. The summed E-state index contributed by atoms with van der Waals surface area (Å²) in [7, 11) is -2.76. The van der Waals surface area contributed by atoms with Crippen LogP contribution in [0.2, 0.25) is 39.3 Å². The Labute approximate surface area is 145 Å². The second kappa shape index (κ2) is 7.90. The van der Waals surface area contributed by atoms with Crippen LogP contribution in [0.3, 0.4) is 0 Å². The summed E-state index contributed by atoms with van der Waals surface area (Å²) in [5, 5.41) is 0. The lowest BCUT2D eigenvalue weighted by Crippen LogP contribution is -2.46. The van der Waals surface area contributed by atoms with Crippen molar-refractivity contribution >= 4 is 34.4 Å². The molecule has 0 aliphatic carbocycles. The van der Waals surface area contributed by atoms with Crippen molar-refractivity contribution in [3.8, 4) is 0 Å². The molecular weight excluding hydrogens is 346 g/mol. The molecule has 1 heterocycles. The van der Waals surface area contributed by atoms with Crippen LogP contribution in [0.5, 0.6) is 0 Å². The fraction of sp³-hybridized carbons (Fsp3) is 0.800. The highest BCUT2D eigenvalue weighted by atomic mass is 28.4. The molecule has 2 atom stereocenters. The van der Waals surface area contributed by atoms with Crippen molar-refractivity contribution in [2.45, 2.75) is 64.3 Å². The van der Waals surface area contributed by atoms with E-state index >= 15 is 0 Å². The number of rotatable bonds is 8. The quantitative estimate of drug-likeness (QED) is 0.365. The van der Waals surface area contributed by atoms with Gasteiger partial charge in [0.15, 0.2) is 28.8 Å². The second-order valence-corrected chi connectivity index (χ2v) is 16.7. The molecule has 138 valence electrons. The zero-order valence-electron chi connectivity index (χ0n) is 15.7. The number of nitrogens with zero attached hydrogens (tertiary/aromatic N) is 1. The van der Waals surface area contributed by atoms with Crippen LogP contribution in [0.4, 0.5) is 0 Å². The van der Waals surface area contributed by atoms with Gasteiger partial charge in [-0.1, -0.05) is 0 Å². The third-order valence-corrected chi connectivity index (χ3v) is 5.17. The third kappa shape index (κ3) is 6.12. The van der Waals surface area contributed by atoms with E-state index in [9.17, 15) is 14.4 Å². The number of ether oxygens (including phenoxy) is 1. The number of amides is 2. The summed E-state index contributed by atoms with van der Waals surface area (Å²) in [4.78, 5) is 37.7. The first kappa shape index (κ1) is 21.0. The zero-order valence-corrected chi connectivity index (χ0v) is 17.7. The molecule has 7 nitrogen and oxygen atoms in total.